The molecule has 0 N–H and O–H groups in total. The van der Waals surface area contributed by atoms with Crippen molar-refractivity contribution in [1.29, 1.82) is 0 Å². The third-order valence-electron chi connectivity index (χ3n) is 4.11. The third kappa shape index (κ3) is 3.59. The molecule has 1 aromatic heterocycles. The van der Waals surface area contributed by atoms with Crippen LogP contribution in [-0.4, -0.2) is 15.6 Å². The van der Waals surface area contributed by atoms with Gasteiger partial charge in [0.25, 0.3) is 0 Å². The first-order valence-electron chi connectivity index (χ1n) is 7.70. The van der Waals surface area contributed by atoms with Crippen molar-refractivity contribution in [3.8, 4) is 0 Å². The van der Waals surface area contributed by atoms with Crippen LogP contribution >= 0.6 is 0 Å². The van der Waals surface area contributed by atoms with Crippen LogP contribution in [-0.2, 0) is 11.2 Å². The van der Waals surface area contributed by atoms with E-state index in [9.17, 15) is 4.79 Å². The van der Waals surface area contributed by atoms with Crippen molar-refractivity contribution in [1.82, 2.24) is 9.78 Å². The zero-order chi connectivity index (χ0) is 14.8. The van der Waals surface area contributed by atoms with Crippen LogP contribution in [0, 0.1) is 5.41 Å². The fraction of sp³-hybridized carbons (Fsp3) is 0.647. The molecule has 0 radical (unpaired) electrons. The van der Waals surface area contributed by atoms with E-state index in [1.165, 1.54) is 5.57 Å². The lowest BCUT2D eigenvalue weighted by Crippen LogP contribution is -2.22. The molecule has 1 heterocycles. The van der Waals surface area contributed by atoms with Crippen LogP contribution in [0.5, 0.6) is 0 Å². The van der Waals surface area contributed by atoms with Gasteiger partial charge >= 0.3 is 0 Å². The summed E-state index contributed by atoms with van der Waals surface area (Å²) < 4.78 is 2.08. The normalized spacial score (nSPS) is 18.4. The number of allylic oxidation sites excluding steroid dienone is 2. The Hall–Kier alpha value is -1.38. The van der Waals surface area contributed by atoms with Gasteiger partial charge in [-0.2, -0.15) is 5.10 Å². The zero-order valence-electron chi connectivity index (χ0n) is 13.1. The molecule has 1 aliphatic carbocycles. The summed E-state index contributed by atoms with van der Waals surface area (Å²) in [6, 6.07) is 2.58. The Morgan fingerprint density at radius 2 is 2.00 bits per heavy atom. The van der Waals surface area contributed by atoms with E-state index in [0.717, 1.165) is 31.4 Å². The van der Waals surface area contributed by atoms with Crippen molar-refractivity contribution < 1.29 is 4.79 Å². The van der Waals surface area contributed by atoms with Gasteiger partial charge in [0.15, 0.2) is 5.78 Å². The van der Waals surface area contributed by atoms with Crippen LogP contribution in [0.25, 0.3) is 0 Å². The van der Waals surface area contributed by atoms with E-state index in [0.29, 0.717) is 12.5 Å². The highest BCUT2D eigenvalue weighted by atomic mass is 16.1. The molecule has 0 saturated carbocycles. The van der Waals surface area contributed by atoms with Gasteiger partial charge in [-0.05, 0) is 36.8 Å². The van der Waals surface area contributed by atoms with Gasteiger partial charge in [-0.3, -0.25) is 9.48 Å². The lowest BCUT2D eigenvalue weighted by Gasteiger charge is -2.28. The van der Waals surface area contributed by atoms with Gasteiger partial charge in [-0.25, -0.2) is 0 Å². The Bertz CT molecular complexity index is 507. The maximum absolute atomic E-state index is 11.8. The molecule has 110 valence electrons. The average molecular weight is 274 g/mol. The quantitative estimate of drug-likeness (QED) is 0.810. The Balaban J connectivity index is 2.09. The van der Waals surface area contributed by atoms with Gasteiger partial charge in [0.05, 0.1) is 11.7 Å². The summed E-state index contributed by atoms with van der Waals surface area (Å²) in [6.07, 6.45) is 8.58. The number of carbonyl (C=O) groups excluding carboxylic acids is 1. The van der Waals surface area contributed by atoms with Gasteiger partial charge in [0.1, 0.15) is 0 Å². The first kappa shape index (κ1) is 15.0. The Morgan fingerprint density at radius 3 is 2.60 bits per heavy atom. The molecule has 0 bridgehead atoms. The van der Waals surface area contributed by atoms with Crippen LogP contribution < -0.4 is 0 Å². The Morgan fingerprint density at radius 1 is 1.30 bits per heavy atom. The molecule has 0 spiro atoms. The minimum atomic E-state index is 0.0963. The summed E-state index contributed by atoms with van der Waals surface area (Å²) in [5.74, 6) is 0.260. The molecule has 0 saturated heterocycles. The summed E-state index contributed by atoms with van der Waals surface area (Å²) in [5.41, 5.74) is 2.40. The summed E-state index contributed by atoms with van der Waals surface area (Å²) in [5, 5.41) is 4.68. The van der Waals surface area contributed by atoms with Crippen LogP contribution in [0.1, 0.15) is 65.1 Å². The fourth-order valence-corrected chi connectivity index (χ4v) is 3.16. The van der Waals surface area contributed by atoms with Gasteiger partial charge in [-0.15, -0.1) is 0 Å². The van der Waals surface area contributed by atoms with Gasteiger partial charge in [0, 0.05) is 19.0 Å². The predicted molar refractivity (Wildman–Crippen MR) is 81.7 cm³/mol. The highest BCUT2D eigenvalue weighted by Gasteiger charge is 2.27. The van der Waals surface area contributed by atoms with Crippen LogP contribution in [0.15, 0.2) is 23.9 Å². The van der Waals surface area contributed by atoms with E-state index in [2.05, 4.69) is 49.7 Å². The minimum Gasteiger partial charge on any atom is -0.295 e. The van der Waals surface area contributed by atoms with E-state index >= 15 is 0 Å². The van der Waals surface area contributed by atoms with E-state index in [4.69, 9.17) is 0 Å². The highest BCUT2D eigenvalue weighted by molar-refractivity contribution is 5.91. The molecular weight excluding hydrogens is 248 g/mol. The number of rotatable bonds is 5. The highest BCUT2D eigenvalue weighted by Crippen LogP contribution is 2.34. The smallest absolute Gasteiger partial charge is 0.156 e. The molecule has 1 aliphatic rings. The van der Waals surface area contributed by atoms with E-state index in [-0.39, 0.29) is 11.2 Å². The fourth-order valence-electron chi connectivity index (χ4n) is 3.16. The lowest BCUT2D eigenvalue weighted by molar-refractivity contribution is -0.117. The molecule has 0 aromatic carbocycles. The first-order valence-corrected chi connectivity index (χ1v) is 7.70. The second-order valence-electron chi connectivity index (χ2n) is 6.72. The van der Waals surface area contributed by atoms with Crippen molar-refractivity contribution in [2.45, 2.75) is 65.8 Å². The molecule has 0 amide bonds. The number of hydrogen-bond acceptors (Lipinski definition) is 2. The van der Waals surface area contributed by atoms with Crippen LogP contribution in [0.3, 0.4) is 0 Å². The first-order chi connectivity index (χ1) is 9.43. The second kappa shape index (κ2) is 5.94. The molecule has 2 rings (SSSR count). The number of hydrogen-bond donors (Lipinski definition) is 0. The van der Waals surface area contributed by atoms with Crippen molar-refractivity contribution in [3.63, 3.8) is 0 Å². The van der Waals surface area contributed by atoms with Crippen LogP contribution in [0.4, 0.5) is 0 Å². The number of carbonyl (C=O) groups is 1. The molecule has 0 aliphatic heterocycles. The Labute approximate surface area is 122 Å². The minimum absolute atomic E-state index is 0.0963. The average Bonchev–Trinajstić information content (AvgIpc) is 2.76. The second-order valence-corrected chi connectivity index (χ2v) is 6.72. The summed E-state index contributed by atoms with van der Waals surface area (Å²) in [4.78, 5) is 11.8. The van der Waals surface area contributed by atoms with Gasteiger partial charge in [0.2, 0.25) is 0 Å². The monoisotopic (exact) mass is 274 g/mol. The Kier molecular flexibility index (Phi) is 4.46. The molecule has 0 fully saturated rings. The molecule has 0 unspecified atom stereocenters. The number of aromatic nitrogens is 2. The summed E-state index contributed by atoms with van der Waals surface area (Å²) >= 11 is 0. The third-order valence-corrected chi connectivity index (χ3v) is 4.11. The van der Waals surface area contributed by atoms with Gasteiger partial charge in [-0.1, -0.05) is 33.3 Å². The van der Waals surface area contributed by atoms with Crippen molar-refractivity contribution in [2.24, 2.45) is 5.41 Å². The number of nitrogens with zero attached hydrogens (tertiary/aromatic N) is 2. The SMILES string of the molecule is CCC(CC)n1ccc(CC2=CC(=O)CC(C)(C)C2)n1. The van der Waals surface area contributed by atoms with Crippen molar-refractivity contribution in [3.05, 3.63) is 29.6 Å². The maximum Gasteiger partial charge on any atom is 0.156 e. The van der Waals surface area contributed by atoms with E-state index in [1.807, 2.05) is 6.08 Å². The maximum atomic E-state index is 11.8. The summed E-state index contributed by atoms with van der Waals surface area (Å²) in [6.45, 7) is 8.72. The number of ketones is 1. The zero-order valence-corrected chi connectivity index (χ0v) is 13.1. The van der Waals surface area contributed by atoms with Crippen molar-refractivity contribution in [2.75, 3.05) is 0 Å². The molecule has 3 nitrogen and oxygen atoms in total. The molecular formula is C17H26N2O. The summed E-state index contributed by atoms with van der Waals surface area (Å²) in [7, 11) is 0. The standard InChI is InChI=1S/C17H26N2O/c1-5-15(6-2)19-8-7-14(18-19)9-13-10-16(20)12-17(3,4)11-13/h7-8,10,15H,5-6,9,11-12H2,1-4H3. The van der Waals surface area contributed by atoms with E-state index in [1.54, 1.807) is 0 Å². The molecule has 1 aromatic rings. The van der Waals surface area contributed by atoms with Gasteiger partial charge < -0.3 is 0 Å². The molecule has 3 heteroatoms. The topological polar surface area (TPSA) is 34.9 Å². The largest absolute Gasteiger partial charge is 0.295 e. The predicted octanol–water partition coefficient (Wildman–Crippen LogP) is 4.10. The van der Waals surface area contributed by atoms with Crippen LogP contribution in [0.2, 0.25) is 0 Å². The molecule has 20 heavy (non-hydrogen) atoms. The lowest BCUT2D eigenvalue weighted by atomic mass is 9.76. The van der Waals surface area contributed by atoms with E-state index < -0.39 is 0 Å². The van der Waals surface area contributed by atoms with Crippen molar-refractivity contribution >= 4 is 5.78 Å². The molecule has 0 atom stereocenters.